The van der Waals surface area contributed by atoms with Crippen LogP contribution in [-0.4, -0.2) is 23.7 Å². The fraction of sp³-hybridized carbons (Fsp3) is 0.364. The number of anilines is 1. The van der Waals surface area contributed by atoms with Gasteiger partial charge in [-0.2, -0.15) is 0 Å². The Morgan fingerprint density at radius 3 is 2.80 bits per heavy atom. The summed E-state index contributed by atoms with van der Waals surface area (Å²) < 4.78 is 0.893. The Morgan fingerprint density at radius 2 is 2.27 bits per heavy atom. The lowest BCUT2D eigenvalue weighted by Crippen LogP contribution is -2.25. The van der Waals surface area contributed by atoms with Gasteiger partial charge in [0.2, 0.25) is 5.91 Å². The topological polar surface area (TPSA) is 40.5 Å². The molecule has 1 aliphatic rings. The number of aliphatic hydroxyl groups excluding tert-OH is 1. The molecule has 4 heteroatoms. The van der Waals surface area contributed by atoms with Gasteiger partial charge in [0.1, 0.15) is 0 Å². The number of β-amino-alcohol motifs (C(OH)–C–C–N with tert-alkyl or cyclic N) is 1. The Labute approximate surface area is 96.8 Å². The second-order valence-corrected chi connectivity index (χ2v) is 4.67. The first-order valence-electron chi connectivity index (χ1n) is 4.82. The minimum Gasteiger partial charge on any atom is -0.391 e. The van der Waals surface area contributed by atoms with Crippen LogP contribution in [0, 0.1) is 6.92 Å². The summed E-state index contributed by atoms with van der Waals surface area (Å²) in [6, 6.07) is 5.82. The summed E-state index contributed by atoms with van der Waals surface area (Å²) in [4.78, 5) is 13.2. The van der Waals surface area contributed by atoms with Gasteiger partial charge in [-0.25, -0.2) is 0 Å². The van der Waals surface area contributed by atoms with Crippen molar-refractivity contribution in [3.8, 4) is 0 Å². The molecule has 0 saturated carbocycles. The molecule has 1 aliphatic heterocycles. The van der Waals surface area contributed by atoms with E-state index in [0.29, 0.717) is 6.54 Å². The maximum absolute atomic E-state index is 11.6. The molecule has 1 fully saturated rings. The average molecular weight is 270 g/mol. The van der Waals surface area contributed by atoms with Crippen molar-refractivity contribution in [2.75, 3.05) is 11.4 Å². The number of halogens is 1. The summed E-state index contributed by atoms with van der Waals surface area (Å²) in [5.74, 6) is -0.0212. The third-order valence-corrected chi connectivity index (χ3v) is 3.13. The van der Waals surface area contributed by atoms with E-state index in [4.69, 9.17) is 0 Å². The number of aliphatic hydroxyl groups is 1. The molecule has 0 aromatic heterocycles. The Hall–Kier alpha value is -0.870. The molecule has 1 amide bonds. The lowest BCUT2D eigenvalue weighted by atomic mass is 10.2. The maximum Gasteiger partial charge on any atom is 0.229 e. The van der Waals surface area contributed by atoms with Crippen LogP contribution in [-0.2, 0) is 4.79 Å². The minimum absolute atomic E-state index is 0.0212. The zero-order valence-electron chi connectivity index (χ0n) is 8.40. The van der Waals surface area contributed by atoms with Gasteiger partial charge in [0.15, 0.2) is 0 Å². The third-order valence-electron chi connectivity index (χ3n) is 2.50. The number of aryl methyl sites for hydroxylation is 1. The number of hydrogen-bond acceptors (Lipinski definition) is 2. The number of hydrogen-bond donors (Lipinski definition) is 1. The van der Waals surface area contributed by atoms with Gasteiger partial charge in [-0.15, -0.1) is 0 Å². The first kappa shape index (κ1) is 10.6. The van der Waals surface area contributed by atoms with E-state index in [9.17, 15) is 9.90 Å². The van der Waals surface area contributed by atoms with E-state index >= 15 is 0 Å². The van der Waals surface area contributed by atoms with Gasteiger partial charge in [0.25, 0.3) is 0 Å². The molecule has 1 saturated heterocycles. The molecule has 0 bridgehead atoms. The Balaban J connectivity index is 2.34. The summed E-state index contributed by atoms with van der Waals surface area (Å²) in [5, 5.41) is 9.40. The fourth-order valence-corrected chi connectivity index (χ4v) is 2.46. The van der Waals surface area contributed by atoms with E-state index in [1.165, 1.54) is 0 Å². The molecule has 1 aromatic rings. The summed E-state index contributed by atoms with van der Waals surface area (Å²) in [6.45, 7) is 2.38. The van der Waals surface area contributed by atoms with E-state index in [0.717, 1.165) is 15.7 Å². The predicted molar refractivity (Wildman–Crippen MR) is 61.9 cm³/mol. The second kappa shape index (κ2) is 3.94. The Bertz CT molecular complexity index is 406. The molecule has 0 aliphatic carbocycles. The largest absolute Gasteiger partial charge is 0.391 e. The van der Waals surface area contributed by atoms with Crippen molar-refractivity contribution in [3.05, 3.63) is 28.2 Å². The van der Waals surface area contributed by atoms with Crippen LogP contribution in [0.5, 0.6) is 0 Å². The summed E-state index contributed by atoms with van der Waals surface area (Å²) in [5.41, 5.74) is 1.97. The van der Waals surface area contributed by atoms with Crippen molar-refractivity contribution in [1.29, 1.82) is 0 Å². The van der Waals surface area contributed by atoms with E-state index in [1.807, 2.05) is 25.1 Å². The molecule has 2 rings (SSSR count). The smallest absolute Gasteiger partial charge is 0.229 e. The highest BCUT2D eigenvalue weighted by Crippen LogP contribution is 2.30. The molecule has 1 N–H and O–H groups in total. The van der Waals surface area contributed by atoms with Gasteiger partial charge in [-0.05, 0) is 40.5 Å². The molecule has 1 heterocycles. The quantitative estimate of drug-likeness (QED) is 0.846. The molecule has 1 unspecified atom stereocenters. The highest BCUT2D eigenvalue weighted by atomic mass is 79.9. The average Bonchev–Trinajstić information content (AvgIpc) is 2.45. The standard InChI is InChI=1S/C11H12BrNO2/c1-7-2-3-10(9(12)4-7)13-6-8(14)5-11(13)15/h2-4,8,14H,5-6H2,1H3. The monoisotopic (exact) mass is 269 g/mol. The molecule has 0 spiro atoms. The normalized spacial score (nSPS) is 21.1. The van der Waals surface area contributed by atoms with Crippen LogP contribution in [0.3, 0.4) is 0 Å². The molecular formula is C11H12BrNO2. The molecule has 3 nitrogen and oxygen atoms in total. The van der Waals surface area contributed by atoms with E-state index < -0.39 is 6.10 Å². The summed E-state index contributed by atoms with van der Waals surface area (Å²) in [7, 11) is 0. The van der Waals surface area contributed by atoms with E-state index in [-0.39, 0.29) is 12.3 Å². The van der Waals surface area contributed by atoms with Crippen molar-refractivity contribution in [2.45, 2.75) is 19.4 Å². The number of carbonyl (C=O) groups excluding carboxylic acids is 1. The number of nitrogens with zero attached hydrogens (tertiary/aromatic N) is 1. The fourth-order valence-electron chi connectivity index (χ4n) is 1.75. The molecule has 1 atom stereocenters. The van der Waals surface area contributed by atoms with Gasteiger partial charge < -0.3 is 10.0 Å². The molecule has 80 valence electrons. The van der Waals surface area contributed by atoms with Gasteiger partial charge in [-0.3, -0.25) is 4.79 Å². The lowest BCUT2D eigenvalue weighted by molar-refractivity contribution is -0.117. The van der Waals surface area contributed by atoms with Gasteiger partial charge in [0, 0.05) is 4.47 Å². The number of rotatable bonds is 1. The molecule has 0 radical (unpaired) electrons. The van der Waals surface area contributed by atoms with Gasteiger partial charge in [0.05, 0.1) is 24.8 Å². The van der Waals surface area contributed by atoms with Crippen molar-refractivity contribution >= 4 is 27.5 Å². The van der Waals surface area contributed by atoms with Crippen LogP contribution in [0.25, 0.3) is 0 Å². The van der Waals surface area contributed by atoms with Crippen molar-refractivity contribution < 1.29 is 9.90 Å². The van der Waals surface area contributed by atoms with Gasteiger partial charge in [-0.1, -0.05) is 6.07 Å². The molecule has 1 aromatic carbocycles. The van der Waals surface area contributed by atoms with Crippen molar-refractivity contribution in [2.24, 2.45) is 0 Å². The predicted octanol–water partition coefficient (Wildman–Crippen LogP) is 1.86. The second-order valence-electron chi connectivity index (χ2n) is 3.82. The summed E-state index contributed by atoms with van der Waals surface area (Å²) in [6.07, 6.45) is -0.314. The highest BCUT2D eigenvalue weighted by molar-refractivity contribution is 9.10. The SMILES string of the molecule is Cc1ccc(N2CC(O)CC2=O)c(Br)c1. The van der Waals surface area contributed by atoms with Crippen LogP contribution in [0.1, 0.15) is 12.0 Å². The number of amides is 1. The first-order chi connectivity index (χ1) is 7.08. The Kier molecular flexibility index (Phi) is 2.80. The lowest BCUT2D eigenvalue weighted by Gasteiger charge is -2.17. The minimum atomic E-state index is -0.536. The van der Waals surface area contributed by atoms with Crippen LogP contribution >= 0.6 is 15.9 Å². The maximum atomic E-state index is 11.6. The highest BCUT2D eigenvalue weighted by Gasteiger charge is 2.29. The number of benzene rings is 1. The number of carbonyl (C=O) groups is 1. The zero-order chi connectivity index (χ0) is 11.0. The van der Waals surface area contributed by atoms with Crippen molar-refractivity contribution in [1.82, 2.24) is 0 Å². The third kappa shape index (κ3) is 2.06. The summed E-state index contributed by atoms with van der Waals surface area (Å²) >= 11 is 3.43. The van der Waals surface area contributed by atoms with E-state index in [1.54, 1.807) is 4.90 Å². The molecule has 15 heavy (non-hydrogen) atoms. The van der Waals surface area contributed by atoms with Crippen LogP contribution < -0.4 is 4.90 Å². The van der Waals surface area contributed by atoms with Crippen LogP contribution in [0.4, 0.5) is 5.69 Å². The Morgan fingerprint density at radius 1 is 1.53 bits per heavy atom. The van der Waals surface area contributed by atoms with Gasteiger partial charge >= 0.3 is 0 Å². The van der Waals surface area contributed by atoms with Crippen molar-refractivity contribution in [3.63, 3.8) is 0 Å². The van der Waals surface area contributed by atoms with Crippen LogP contribution in [0.15, 0.2) is 22.7 Å². The molecular weight excluding hydrogens is 258 g/mol. The zero-order valence-corrected chi connectivity index (χ0v) is 9.99. The van der Waals surface area contributed by atoms with Crippen LogP contribution in [0.2, 0.25) is 0 Å². The first-order valence-corrected chi connectivity index (χ1v) is 5.62. The van der Waals surface area contributed by atoms with E-state index in [2.05, 4.69) is 15.9 Å².